The summed E-state index contributed by atoms with van der Waals surface area (Å²) < 4.78 is 3.98. The molecule has 0 bridgehead atoms. The van der Waals surface area contributed by atoms with Crippen LogP contribution in [0.15, 0.2) is 12.4 Å². The Kier molecular flexibility index (Phi) is 5.79. The molecule has 1 aliphatic heterocycles. The molecule has 1 saturated heterocycles. The molecule has 6 heteroatoms. The van der Waals surface area contributed by atoms with Crippen LogP contribution in [0.4, 0.5) is 0 Å². The zero-order chi connectivity index (χ0) is 18.7. The van der Waals surface area contributed by atoms with Crippen molar-refractivity contribution in [1.29, 1.82) is 0 Å². The number of carbonyl (C=O) groups excluding carboxylic acids is 1. The van der Waals surface area contributed by atoms with Gasteiger partial charge >= 0.3 is 0 Å². The second-order valence-electron chi connectivity index (χ2n) is 7.50. The molecule has 1 fully saturated rings. The first-order valence-corrected chi connectivity index (χ1v) is 9.72. The van der Waals surface area contributed by atoms with Crippen molar-refractivity contribution in [1.82, 2.24) is 24.2 Å². The molecule has 0 spiro atoms. The van der Waals surface area contributed by atoms with Gasteiger partial charge in [-0.1, -0.05) is 0 Å². The number of amides is 1. The fraction of sp³-hybridized carbons (Fsp3) is 0.650. The third kappa shape index (κ3) is 4.00. The number of hydrogen-bond acceptors (Lipinski definition) is 3. The van der Waals surface area contributed by atoms with Gasteiger partial charge in [0.1, 0.15) is 5.82 Å². The minimum Gasteiger partial charge on any atom is -0.340 e. The van der Waals surface area contributed by atoms with Crippen molar-refractivity contribution < 1.29 is 4.79 Å². The number of likely N-dealkylation sites (tertiary alicyclic amines) is 1. The molecular weight excluding hydrogens is 326 g/mol. The quantitative estimate of drug-likeness (QED) is 0.799. The maximum atomic E-state index is 12.9. The lowest BCUT2D eigenvalue weighted by molar-refractivity contribution is -0.135. The average Bonchev–Trinajstić information content (AvgIpc) is 3.14. The summed E-state index contributed by atoms with van der Waals surface area (Å²) in [6, 6.07) is 0.351. The van der Waals surface area contributed by atoms with Crippen LogP contribution in [0.2, 0.25) is 0 Å². The van der Waals surface area contributed by atoms with E-state index in [1.54, 1.807) is 0 Å². The van der Waals surface area contributed by atoms with E-state index in [9.17, 15) is 4.79 Å². The summed E-state index contributed by atoms with van der Waals surface area (Å²) in [6.45, 7) is 5.01. The number of hydrogen-bond donors (Lipinski definition) is 0. The van der Waals surface area contributed by atoms with E-state index in [1.165, 1.54) is 17.7 Å². The molecule has 3 rings (SSSR count). The van der Waals surface area contributed by atoms with Gasteiger partial charge in [0.2, 0.25) is 5.91 Å². The van der Waals surface area contributed by atoms with Gasteiger partial charge in [0.25, 0.3) is 0 Å². The average molecular weight is 358 g/mol. The van der Waals surface area contributed by atoms with E-state index in [-0.39, 0.29) is 5.91 Å². The second-order valence-corrected chi connectivity index (χ2v) is 7.50. The Morgan fingerprint density at radius 1 is 1.23 bits per heavy atom. The highest BCUT2D eigenvalue weighted by Crippen LogP contribution is 2.23. The fourth-order valence-corrected chi connectivity index (χ4v) is 4.12. The van der Waals surface area contributed by atoms with E-state index in [0.717, 1.165) is 50.2 Å². The predicted octanol–water partition coefficient (Wildman–Crippen LogP) is 2.72. The van der Waals surface area contributed by atoms with Gasteiger partial charge in [0.05, 0.1) is 5.69 Å². The standard InChI is InChI=1S/C20H31N5O/c1-15-18(16(2)24(4)22-15)9-11-20(26)25-13-6-5-7-17(25)8-10-19-21-12-14-23(19)3/h12,14,17H,5-11,13H2,1-4H3. The van der Waals surface area contributed by atoms with Gasteiger partial charge in [-0.2, -0.15) is 5.10 Å². The van der Waals surface area contributed by atoms with E-state index in [2.05, 4.69) is 26.5 Å². The van der Waals surface area contributed by atoms with Crippen molar-refractivity contribution in [3.8, 4) is 0 Å². The minimum absolute atomic E-state index is 0.289. The maximum absolute atomic E-state index is 12.9. The summed E-state index contributed by atoms with van der Waals surface area (Å²) in [7, 11) is 4.00. The fourth-order valence-electron chi connectivity index (χ4n) is 4.12. The normalized spacial score (nSPS) is 17.7. The van der Waals surface area contributed by atoms with Crippen molar-refractivity contribution in [2.24, 2.45) is 14.1 Å². The summed E-state index contributed by atoms with van der Waals surface area (Å²) in [5.41, 5.74) is 3.44. The molecule has 0 aromatic carbocycles. The molecule has 2 aromatic heterocycles. The lowest BCUT2D eigenvalue weighted by Gasteiger charge is -2.36. The number of aromatic nitrogens is 4. The van der Waals surface area contributed by atoms with Crippen LogP contribution in [-0.4, -0.2) is 42.7 Å². The predicted molar refractivity (Wildman–Crippen MR) is 102 cm³/mol. The Labute approximate surface area is 156 Å². The van der Waals surface area contributed by atoms with E-state index < -0.39 is 0 Å². The maximum Gasteiger partial charge on any atom is 0.223 e. The van der Waals surface area contributed by atoms with Crippen LogP contribution in [0, 0.1) is 13.8 Å². The first kappa shape index (κ1) is 18.7. The molecule has 0 aliphatic carbocycles. The SMILES string of the molecule is Cc1nn(C)c(C)c1CCC(=O)N1CCCCC1CCc1nccn1C. The van der Waals surface area contributed by atoms with Gasteiger partial charge in [0.15, 0.2) is 0 Å². The van der Waals surface area contributed by atoms with Gasteiger partial charge in [-0.05, 0) is 51.5 Å². The third-order valence-corrected chi connectivity index (χ3v) is 5.82. The van der Waals surface area contributed by atoms with Crippen molar-refractivity contribution in [2.45, 2.75) is 64.8 Å². The smallest absolute Gasteiger partial charge is 0.223 e. The highest BCUT2D eigenvalue weighted by Gasteiger charge is 2.26. The van der Waals surface area contributed by atoms with Gasteiger partial charge < -0.3 is 9.47 Å². The lowest BCUT2D eigenvalue weighted by Crippen LogP contribution is -2.44. The molecule has 3 heterocycles. The van der Waals surface area contributed by atoms with Crippen LogP contribution >= 0.6 is 0 Å². The van der Waals surface area contributed by atoms with Crippen LogP contribution in [0.3, 0.4) is 0 Å². The molecule has 0 saturated carbocycles. The number of imidazole rings is 1. The van der Waals surface area contributed by atoms with Crippen LogP contribution in [0.25, 0.3) is 0 Å². The molecule has 1 unspecified atom stereocenters. The molecule has 142 valence electrons. The Bertz CT molecular complexity index is 760. The molecule has 2 aromatic rings. The van der Waals surface area contributed by atoms with Gasteiger partial charge in [-0.15, -0.1) is 0 Å². The number of aryl methyl sites for hydroxylation is 4. The molecule has 1 amide bonds. The van der Waals surface area contributed by atoms with Crippen molar-refractivity contribution in [2.75, 3.05) is 6.54 Å². The minimum atomic E-state index is 0.289. The Balaban J connectivity index is 1.59. The van der Waals surface area contributed by atoms with E-state index in [4.69, 9.17) is 0 Å². The molecule has 26 heavy (non-hydrogen) atoms. The van der Waals surface area contributed by atoms with Crippen LogP contribution in [-0.2, 0) is 31.7 Å². The number of carbonyl (C=O) groups is 1. The summed E-state index contributed by atoms with van der Waals surface area (Å²) in [4.78, 5) is 19.5. The molecule has 1 aliphatic rings. The number of piperidine rings is 1. The first-order valence-electron chi connectivity index (χ1n) is 9.72. The molecular formula is C20H31N5O. The largest absolute Gasteiger partial charge is 0.340 e. The molecule has 0 radical (unpaired) electrons. The Morgan fingerprint density at radius 2 is 2.04 bits per heavy atom. The van der Waals surface area contributed by atoms with Crippen molar-refractivity contribution >= 4 is 5.91 Å². The van der Waals surface area contributed by atoms with Crippen molar-refractivity contribution in [3.05, 3.63) is 35.2 Å². The topological polar surface area (TPSA) is 56.0 Å². The van der Waals surface area contributed by atoms with E-state index in [1.807, 2.05) is 38.1 Å². The molecule has 0 N–H and O–H groups in total. The Hall–Kier alpha value is -2.11. The van der Waals surface area contributed by atoms with Crippen LogP contribution in [0.5, 0.6) is 0 Å². The number of nitrogens with zero attached hydrogens (tertiary/aromatic N) is 5. The second kappa shape index (κ2) is 8.06. The highest BCUT2D eigenvalue weighted by molar-refractivity contribution is 5.77. The first-order chi connectivity index (χ1) is 12.5. The summed E-state index contributed by atoms with van der Waals surface area (Å²) >= 11 is 0. The zero-order valence-electron chi connectivity index (χ0n) is 16.5. The highest BCUT2D eigenvalue weighted by atomic mass is 16.2. The molecule has 1 atom stereocenters. The summed E-state index contributed by atoms with van der Waals surface area (Å²) in [5.74, 6) is 1.39. The summed E-state index contributed by atoms with van der Waals surface area (Å²) in [5, 5.41) is 4.46. The Morgan fingerprint density at radius 3 is 2.69 bits per heavy atom. The van der Waals surface area contributed by atoms with E-state index >= 15 is 0 Å². The van der Waals surface area contributed by atoms with Gasteiger partial charge in [-0.3, -0.25) is 9.48 Å². The van der Waals surface area contributed by atoms with Gasteiger partial charge in [-0.25, -0.2) is 4.98 Å². The van der Waals surface area contributed by atoms with E-state index in [0.29, 0.717) is 12.5 Å². The lowest BCUT2D eigenvalue weighted by atomic mass is 9.96. The third-order valence-electron chi connectivity index (χ3n) is 5.82. The summed E-state index contributed by atoms with van der Waals surface area (Å²) in [6.07, 6.45) is 10.6. The van der Waals surface area contributed by atoms with Crippen molar-refractivity contribution in [3.63, 3.8) is 0 Å². The van der Waals surface area contributed by atoms with Crippen LogP contribution < -0.4 is 0 Å². The number of rotatable bonds is 6. The molecule has 6 nitrogen and oxygen atoms in total. The van der Waals surface area contributed by atoms with Gasteiger partial charge in [0, 0.05) is 57.6 Å². The van der Waals surface area contributed by atoms with Crippen LogP contribution in [0.1, 0.15) is 54.9 Å². The zero-order valence-corrected chi connectivity index (χ0v) is 16.5. The monoisotopic (exact) mass is 357 g/mol.